The number of hydrogen-bond donors (Lipinski definition) is 1. The first kappa shape index (κ1) is 15.5. The number of rotatable bonds is 5. The Hall–Kier alpha value is -0.570. The van der Waals surface area contributed by atoms with E-state index in [2.05, 4.69) is 13.8 Å². The molecule has 1 aliphatic rings. The molecule has 0 bridgehead atoms. The molecule has 1 fully saturated rings. The first-order chi connectivity index (χ1) is 8.34. The summed E-state index contributed by atoms with van der Waals surface area (Å²) in [6, 6.07) is 0. The van der Waals surface area contributed by atoms with Crippen LogP contribution in [0.1, 0.15) is 66.2 Å². The van der Waals surface area contributed by atoms with Gasteiger partial charge in [0.1, 0.15) is 6.10 Å². The summed E-state index contributed by atoms with van der Waals surface area (Å²) in [6.07, 6.45) is 5.21. The van der Waals surface area contributed by atoms with E-state index in [0.717, 1.165) is 32.1 Å². The summed E-state index contributed by atoms with van der Waals surface area (Å²) >= 11 is 0. The highest BCUT2D eigenvalue weighted by Crippen LogP contribution is 2.37. The van der Waals surface area contributed by atoms with Crippen molar-refractivity contribution in [3.63, 3.8) is 0 Å². The van der Waals surface area contributed by atoms with Gasteiger partial charge < -0.3 is 9.84 Å². The highest BCUT2D eigenvalue weighted by atomic mass is 16.5. The smallest absolute Gasteiger partial charge is 0.306 e. The van der Waals surface area contributed by atoms with Crippen LogP contribution in [0, 0.1) is 11.8 Å². The molecule has 18 heavy (non-hydrogen) atoms. The largest absolute Gasteiger partial charge is 0.462 e. The highest BCUT2D eigenvalue weighted by molar-refractivity contribution is 5.69. The zero-order chi connectivity index (χ0) is 13.8. The molecule has 1 aliphatic carbocycles. The third-order valence-corrected chi connectivity index (χ3v) is 3.98. The van der Waals surface area contributed by atoms with E-state index in [9.17, 15) is 9.90 Å². The summed E-state index contributed by atoms with van der Waals surface area (Å²) < 4.78 is 5.60. The SMILES string of the molecule is CCCCC(=O)OC1CC(C)CCC1C(C)(C)O. The third kappa shape index (κ3) is 4.60. The van der Waals surface area contributed by atoms with E-state index in [1.165, 1.54) is 0 Å². The maximum absolute atomic E-state index is 11.7. The van der Waals surface area contributed by atoms with E-state index >= 15 is 0 Å². The lowest BCUT2D eigenvalue weighted by molar-refractivity contribution is -0.162. The number of carbonyl (C=O) groups is 1. The quantitative estimate of drug-likeness (QED) is 0.768. The van der Waals surface area contributed by atoms with Crippen molar-refractivity contribution in [2.45, 2.75) is 77.9 Å². The lowest BCUT2D eigenvalue weighted by Crippen LogP contribution is -2.44. The molecule has 0 aliphatic heterocycles. The minimum Gasteiger partial charge on any atom is -0.462 e. The molecule has 106 valence electrons. The zero-order valence-corrected chi connectivity index (χ0v) is 12.2. The molecule has 0 saturated heterocycles. The Kier molecular flexibility index (Phi) is 5.64. The Labute approximate surface area is 111 Å². The minimum absolute atomic E-state index is 0.0688. The van der Waals surface area contributed by atoms with Gasteiger partial charge in [0.25, 0.3) is 0 Å². The second-order valence-electron chi connectivity index (χ2n) is 6.31. The normalized spacial score (nSPS) is 29.1. The Morgan fingerprint density at radius 3 is 2.61 bits per heavy atom. The molecule has 3 nitrogen and oxygen atoms in total. The number of hydrogen-bond acceptors (Lipinski definition) is 3. The standard InChI is InChI=1S/C15H28O3/c1-5-6-7-14(16)18-13-10-11(2)8-9-12(13)15(3,4)17/h11-13,17H,5-10H2,1-4H3. The Morgan fingerprint density at radius 2 is 2.06 bits per heavy atom. The number of esters is 1. The number of ether oxygens (including phenoxy) is 1. The van der Waals surface area contributed by atoms with Gasteiger partial charge in [0.05, 0.1) is 5.60 Å². The van der Waals surface area contributed by atoms with Gasteiger partial charge in [-0.05, 0) is 39.0 Å². The summed E-state index contributed by atoms with van der Waals surface area (Å²) in [6.45, 7) is 7.89. The minimum atomic E-state index is -0.768. The average Bonchev–Trinajstić information content (AvgIpc) is 2.24. The van der Waals surface area contributed by atoms with Crippen molar-refractivity contribution in [1.29, 1.82) is 0 Å². The van der Waals surface area contributed by atoms with Gasteiger partial charge in [0, 0.05) is 12.3 Å². The summed E-state index contributed by atoms with van der Waals surface area (Å²) in [4.78, 5) is 11.7. The van der Waals surface area contributed by atoms with Gasteiger partial charge in [0.15, 0.2) is 0 Å². The predicted molar refractivity (Wildman–Crippen MR) is 72.2 cm³/mol. The second kappa shape index (κ2) is 6.55. The molecule has 3 atom stereocenters. The molecule has 0 amide bonds. The topological polar surface area (TPSA) is 46.5 Å². The van der Waals surface area contributed by atoms with Crippen LogP contribution in [0.25, 0.3) is 0 Å². The predicted octanol–water partition coefficient (Wildman–Crippen LogP) is 3.30. The van der Waals surface area contributed by atoms with Crippen LogP contribution in [0.3, 0.4) is 0 Å². The van der Waals surface area contributed by atoms with Crippen LogP contribution in [-0.2, 0) is 9.53 Å². The number of unbranched alkanes of at least 4 members (excludes halogenated alkanes) is 1. The molecular weight excluding hydrogens is 228 g/mol. The summed E-state index contributed by atoms with van der Waals surface area (Å²) in [5, 5.41) is 10.2. The van der Waals surface area contributed by atoms with E-state index in [-0.39, 0.29) is 18.0 Å². The van der Waals surface area contributed by atoms with Crippen molar-refractivity contribution in [2.75, 3.05) is 0 Å². The summed E-state index contributed by atoms with van der Waals surface area (Å²) in [5.41, 5.74) is -0.768. The van der Waals surface area contributed by atoms with Gasteiger partial charge in [-0.3, -0.25) is 4.79 Å². The van der Waals surface area contributed by atoms with Crippen molar-refractivity contribution in [3.8, 4) is 0 Å². The van der Waals surface area contributed by atoms with Crippen LogP contribution in [0.2, 0.25) is 0 Å². The van der Waals surface area contributed by atoms with E-state index in [4.69, 9.17) is 4.74 Å². The zero-order valence-electron chi connectivity index (χ0n) is 12.2. The van der Waals surface area contributed by atoms with Crippen LogP contribution >= 0.6 is 0 Å². The van der Waals surface area contributed by atoms with Crippen LogP contribution in [0.4, 0.5) is 0 Å². The molecular formula is C15H28O3. The molecule has 1 N–H and O–H groups in total. The van der Waals surface area contributed by atoms with Crippen LogP contribution in [0.5, 0.6) is 0 Å². The first-order valence-electron chi connectivity index (χ1n) is 7.26. The fourth-order valence-electron chi connectivity index (χ4n) is 2.82. The van der Waals surface area contributed by atoms with Crippen molar-refractivity contribution >= 4 is 5.97 Å². The second-order valence-corrected chi connectivity index (χ2v) is 6.31. The van der Waals surface area contributed by atoms with Gasteiger partial charge >= 0.3 is 5.97 Å². The van der Waals surface area contributed by atoms with E-state index in [1.54, 1.807) is 0 Å². The van der Waals surface area contributed by atoms with E-state index < -0.39 is 5.60 Å². The molecule has 0 spiro atoms. The maximum Gasteiger partial charge on any atom is 0.306 e. The van der Waals surface area contributed by atoms with Gasteiger partial charge in [-0.1, -0.05) is 26.7 Å². The Morgan fingerprint density at radius 1 is 1.39 bits per heavy atom. The van der Waals surface area contributed by atoms with Gasteiger partial charge in [-0.2, -0.15) is 0 Å². The first-order valence-corrected chi connectivity index (χ1v) is 7.26. The lowest BCUT2D eigenvalue weighted by atomic mass is 9.73. The summed E-state index contributed by atoms with van der Waals surface area (Å²) in [5.74, 6) is 0.539. The van der Waals surface area contributed by atoms with Gasteiger partial charge in [-0.15, -0.1) is 0 Å². The van der Waals surface area contributed by atoms with Crippen molar-refractivity contribution in [1.82, 2.24) is 0 Å². The molecule has 3 heteroatoms. The van der Waals surface area contributed by atoms with Gasteiger partial charge in [-0.25, -0.2) is 0 Å². The van der Waals surface area contributed by atoms with Crippen molar-refractivity contribution in [3.05, 3.63) is 0 Å². The molecule has 0 radical (unpaired) electrons. The van der Waals surface area contributed by atoms with E-state index in [0.29, 0.717) is 12.3 Å². The monoisotopic (exact) mass is 256 g/mol. The number of aliphatic hydroxyl groups is 1. The van der Waals surface area contributed by atoms with Gasteiger partial charge in [0.2, 0.25) is 0 Å². The maximum atomic E-state index is 11.7. The van der Waals surface area contributed by atoms with Crippen molar-refractivity contribution < 1.29 is 14.6 Å². The molecule has 0 aromatic carbocycles. The molecule has 1 rings (SSSR count). The van der Waals surface area contributed by atoms with Crippen LogP contribution < -0.4 is 0 Å². The molecule has 3 unspecified atom stereocenters. The van der Waals surface area contributed by atoms with Crippen LogP contribution in [-0.4, -0.2) is 22.8 Å². The van der Waals surface area contributed by atoms with Crippen LogP contribution in [0.15, 0.2) is 0 Å². The molecule has 1 saturated carbocycles. The molecule has 0 aromatic heterocycles. The molecule has 0 aromatic rings. The fraction of sp³-hybridized carbons (Fsp3) is 0.933. The lowest BCUT2D eigenvalue weighted by Gasteiger charge is -2.40. The summed E-state index contributed by atoms with van der Waals surface area (Å²) in [7, 11) is 0. The number of carbonyl (C=O) groups excluding carboxylic acids is 1. The fourth-order valence-corrected chi connectivity index (χ4v) is 2.82. The average molecular weight is 256 g/mol. The highest BCUT2D eigenvalue weighted by Gasteiger charge is 2.39. The van der Waals surface area contributed by atoms with Crippen molar-refractivity contribution in [2.24, 2.45) is 11.8 Å². The molecule has 0 heterocycles. The third-order valence-electron chi connectivity index (χ3n) is 3.98. The Bertz CT molecular complexity index is 267. The Balaban J connectivity index is 2.59. The van der Waals surface area contributed by atoms with E-state index in [1.807, 2.05) is 13.8 Å².